The van der Waals surface area contributed by atoms with Gasteiger partial charge in [-0.2, -0.15) is 4.68 Å². The van der Waals surface area contributed by atoms with Gasteiger partial charge in [-0.25, -0.2) is 0 Å². The minimum atomic E-state index is -0.810. The van der Waals surface area contributed by atoms with E-state index < -0.39 is 6.17 Å². The molecule has 0 aliphatic rings. The topological polar surface area (TPSA) is 85.9 Å². The highest BCUT2D eigenvalue weighted by atomic mass is 16.3. The molecule has 0 saturated heterocycles. The number of nitrogens with zero attached hydrogens (tertiary/aromatic N) is 6. The van der Waals surface area contributed by atoms with Crippen LogP contribution in [0.15, 0.2) is 23.4 Å². The summed E-state index contributed by atoms with van der Waals surface area (Å²) in [4.78, 5) is 15.1. The van der Waals surface area contributed by atoms with E-state index in [1.165, 1.54) is 4.68 Å². The first-order chi connectivity index (χ1) is 7.72. The number of nitroso groups, excluding NO2 is 1. The van der Waals surface area contributed by atoms with E-state index in [1.54, 1.807) is 13.0 Å². The molecular formula is C9H10N6O. The summed E-state index contributed by atoms with van der Waals surface area (Å²) in [6.07, 6.45) is -0.810. The SMILES string of the molecule is Cc1cccc(C(N=O)n2nnnc2C)n1. The van der Waals surface area contributed by atoms with Crippen molar-refractivity contribution in [1.29, 1.82) is 0 Å². The Morgan fingerprint density at radius 2 is 2.19 bits per heavy atom. The van der Waals surface area contributed by atoms with Gasteiger partial charge in [-0.05, 0) is 41.6 Å². The summed E-state index contributed by atoms with van der Waals surface area (Å²) in [6.45, 7) is 3.55. The molecule has 1 unspecified atom stereocenters. The maximum atomic E-state index is 10.9. The first-order valence-corrected chi connectivity index (χ1v) is 4.73. The normalized spacial score (nSPS) is 12.4. The molecule has 0 aliphatic carbocycles. The Hall–Kier alpha value is -2.18. The summed E-state index contributed by atoms with van der Waals surface area (Å²) in [5.74, 6) is 0.521. The maximum absolute atomic E-state index is 10.9. The van der Waals surface area contributed by atoms with E-state index >= 15 is 0 Å². The fourth-order valence-electron chi connectivity index (χ4n) is 1.40. The molecule has 1 atom stereocenters. The fourth-order valence-corrected chi connectivity index (χ4v) is 1.40. The summed E-state index contributed by atoms with van der Waals surface area (Å²) < 4.78 is 1.34. The predicted molar refractivity (Wildman–Crippen MR) is 55.5 cm³/mol. The fraction of sp³-hybridized carbons (Fsp3) is 0.333. The number of hydrogen-bond donors (Lipinski definition) is 0. The van der Waals surface area contributed by atoms with Crippen LogP contribution in [0.2, 0.25) is 0 Å². The third-order valence-electron chi connectivity index (χ3n) is 2.16. The minimum Gasteiger partial charge on any atom is -0.254 e. The molecule has 2 heterocycles. The number of aryl methyl sites for hydroxylation is 2. The number of pyridine rings is 1. The number of tetrazole rings is 1. The lowest BCUT2D eigenvalue weighted by atomic mass is 10.2. The number of aromatic nitrogens is 5. The molecule has 0 fully saturated rings. The Labute approximate surface area is 91.5 Å². The minimum absolute atomic E-state index is 0.521. The van der Waals surface area contributed by atoms with Crippen molar-refractivity contribution in [1.82, 2.24) is 25.2 Å². The monoisotopic (exact) mass is 218 g/mol. The highest BCUT2D eigenvalue weighted by molar-refractivity contribution is 5.14. The van der Waals surface area contributed by atoms with Gasteiger partial charge in [0.15, 0.2) is 5.82 Å². The molecule has 16 heavy (non-hydrogen) atoms. The van der Waals surface area contributed by atoms with Crippen molar-refractivity contribution in [2.45, 2.75) is 20.0 Å². The lowest BCUT2D eigenvalue weighted by Crippen LogP contribution is -2.13. The summed E-state index contributed by atoms with van der Waals surface area (Å²) in [7, 11) is 0. The zero-order valence-corrected chi connectivity index (χ0v) is 8.90. The predicted octanol–water partition coefficient (Wildman–Crippen LogP) is 0.998. The molecule has 0 amide bonds. The van der Waals surface area contributed by atoms with Gasteiger partial charge in [0, 0.05) is 5.69 Å². The molecule has 0 bridgehead atoms. The van der Waals surface area contributed by atoms with Crippen molar-refractivity contribution in [3.8, 4) is 0 Å². The largest absolute Gasteiger partial charge is 0.254 e. The third-order valence-corrected chi connectivity index (χ3v) is 2.16. The van der Waals surface area contributed by atoms with Crippen LogP contribution in [0.1, 0.15) is 23.4 Å². The van der Waals surface area contributed by atoms with Gasteiger partial charge in [-0.15, -0.1) is 10.0 Å². The smallest absolute Gasteiger partial charge is 0.228 e. The van der Waals surface area contributed by atoms with Crippen molar-refractivity contribution in [2.75, 3.05) is 0 Å². The average Bonchev–Trinajstić information content (AvgIpc) is 2.67. The van der Waals surface area contributed by atoms with Crippen LogP contribution in [-0.4, -0.2) is 25.2 Å². The quantitative estimate of drug-likeness (QED) is 0.717. The summed E-state index contributed by atoms with van der Waals surface area (Å²) in [6, 6.07) is 5.38. The summed E-state index contributed by atoms with van der Waals surface area (Å²) in [5, 5.41) is 13.9. The van der Waals surface area contributed by atoms with Gasteiger partial charge in [0.05, 0.1) is 5.69 Å². The van der Waals surface area contributed by atoms with Crippen molar-refractivity contribution in [3.05, 3.63) is 40.3 Å². The number of hydrogen-bond acceptors (Lipinski definition) is 6. The highest BCUT2D eigenvalue weighted by Gasteiger charge is 2.19. The molecule has 0 aliphatic heterocycles. The Kier molecular flexibility index (Phi) is 2.67. The van der Waals surface area contributed by atoms with Crippen LogP contribution in [0, 0.1) is 18.8 Å². The zero-order valence-electron chi connectivity index (χ0n) is 8.90. The van der Waals surface area contributed by atoms with Gasteiger partial charge >= 0.3 is 0 Å². The van der Waals surface area contributed by atoms with Crippen LogP contribution in [0.25, 0.3) is 0 Å². The molecule has 0 saturated carbocycles. The van der Waals surface area contributed by atoms with E-state index in [0.29, 0.717) is 11.5 Å². The zero-order chi connectivity index (χ0) is 11.5. The first-order valence-electron chi connectivity index (χ1n) is 4.73. The van der Waals surface area contributed by atoms with Crippen LogP contribution in [0.5, 0.6) is 0 Å². The van der Waals surface area contributed by atoms with Crippen LogP contribution in [-0.2, 0) is 0 Å². The van der Waals surface area contributed by atoms with Crippen molar-refractivity contribution < 1.29 is 0 Å². The number of rotatable bonds is 3. The molecule has 0 aromatic carbocycles. The van der Waals surface area contributed by atoms with Crippen LogP contribution in [0.4, 0.5) is 0 Å². The van der Waals surface area contributed by atoms with E-state index in [1.807, 2.05) is 19.1 Å². The van der Waals surface area contributed by atoms with Crippen molar-refractivity contribution in [3.63, 3.8) is 0 Å². The molecule has 2 rings (SSSR count). The summed E-state index contributed by atoms with van der Waals surface area (Å²) >= 11 is 0. The van der Waals surface area contributed by atoms with Gasteiger partial charge in [-0.3, -0.25) is 4.98 Å². The highest BCUT2D eigenvalue weighted by Crippen LogP contribution is 2.17. The molecular weight excluding hydrogens is 208 g/mol. The van der Waals surface area contributed by atoms with Crippen LogP contribution in [0.3, 0.4) is 0 Å². The Morgan fingerprint density at radius 3 is 2.75 bits per heavy atom. The second kappa shape index (κ2) is 4.13. The van der Waals surface area contributed by atoms with Crippen LogP contribution < -0.4 is 0 Å². The molecule has 7 nitrogen and oxygen atoms in total. The molecule has 0 N–H and O–H groups in total. The van der Waals surface area contributed by atoms with Gasteiger partial charge in [0.25, 0.3) is 0 Å². The Morgan fingerprint density at radius 1 is 1.38 bits per heavy atom. The van der Waals surface area contributed by atoms with Crippen molar-refractivity contribution in [2.24, 2.45) is 5.18 Å². The van der Waals surface area contributed by atoms with E-state index in [4.69, 9.17) is 0 Å². The van der Waals surface area contributed by atoms with Crippen LogP contribution >= 0.6 is 0 Å². The first kappa shape index (κ1) is 10.3. The molecule has 2 aromatic rings. The average molecular weight is 218 g/mol. The Balaban J connectivity index is 2.44. The molecule has 7 heteroatoms. The van der Waals surface area contributed by atoms with Gasteiger partial charge in [-0.1, -0.05) is 6.07 Å². The van der Waals surface area contributed by atoms with Gasteiger partial charge in [0.2, 0.25) is 6.17 Å². The molecule has 0 spiro atoms. The molecule has 0 radical (unpaired) electrons. The second-order valence-corrected chi connectivity index (χ2v) is 3.35. The van der Waals surface area contributed by atoms with Crippen molar-refractivity contribution >= 4 is 0 Å². The van der Waals surface area contributed by atoms with Gasteiger partial charge < -0.3 is 0 Å². The maximum Gasteiger partial charge on any atom is 0.228 e. The lowest BCUT2D eigenvalue weighted by molar-refractivity contribution is 0.499. The summed E-state index contributed by atoms with van der Waals surface area (Å²) in [5.41, 5.74) is 1.35. The molecule has 82 valence electrons. The van der Waals surface area contributed by atoms with E-state index in [0.717, 1.165) is 5.69 Å². The van der Waals surface area contributed by atoms with E-state index in [9.17, 15) is 4.91 Å². The molecule has 2 aromatic heterocycles. The van der Waals surface area contributed by atoms with Gasteiger partial charge in [0.1, 0.15) is 0 Å². The third kappa shape index (κ3) is 1.79. The standard InChI is InChI=1S/C9H10N6O/c1-6-4-3-5-8(10-6)9(12-16)15-7(2)11-13-14-15/h3-5,9H,1-2H3. The van der Waals surface area contributed by atoms with E-state index in [-0.39, 0.29) is 0 Å². The van der Waals surface area contributed by atoms with E-state index in [2.05, 4.69) is 25.7 Å². The Bertz CT molecular complexity index is 508. The lowest BCUT2D eigenvalue weighted by Gasteiger charge is -2.09. The second-order valence-electron chi connectivity index (χ2n) is 3.35.